The third-order valence-corrected chi connectivity index (χ3v) is 4.58. The Morgan fingerprint density at radius 2 is 1.83 bits per heavy atom. The second-order valence-electron chi connectivity index (χ2n) is 4.39. The average molecular weight is 322 g/mol. The molecule has 0 saturated carbocycles. The van der Waals surface area contributed by atoms with E-state index >= 15 is 0 Å². The van der Waals surface area contributed by atoms with Crippen molar-refractivity contribution in [2.75, 3.05) is 5.73 Å². The molecular formula is C15H16BrNS. The van der Waals surface area contributed by atoms with Crippen LogP contribution in [-0.4, -0.2) is 0 Å². The van der Waals surface area contributed by atoms with Gasteiger partial charge in [0.25, 0.3) is 0 Å². The van der Waals surface area contributed by atoms with Gasteiger partial charge in [-0.05, 0) is 48.7 Å². The van der Waals surface area contributed by atoms with Gasteiger partial charge in [0.05, 0.1) is 0 Å². The zero-order chi connectivity index (χ0) is 13.1. The quantitative estimate of drug-likeness (QED) is 0.640. The smallest absolute Gasteiger partial charge is 0.0453 e. The number of nitrogen functional groups attached to an aromatic ring is 1. The molecule has 2 rings (SSSR count). The highest BCUT2D eigenvalue weighted by Crippen LogP contribution is 2.31. The molecule has 0 unspecified atom stereocenters. The van der Waals surface area contributed by atoms with Crippen LogP contribution in [0.4, 0.5) is 5.69 Å². The largest absolute Gasteiger partial charge is 0.398 e. The maximum Gasteiger partial charge on any atom is 0.0453 e. The Kier molecular flexibility index (Phi) is 4.36. The number of halogens is 1. The molecule has 0 aromatic heterocycles. The standard InChI is InChI=1S/C15H16BrNS/c1-10-3-4-12(7-11(10)2)9-18-15-8-13(16)5-6-14(15)17/h3-8H,9,17H2,1-2H3. The van der Waals surface area contributed by atoms with Crippen molar-refractivity contribution in [1.82, 2.24) is 0 Å². The van der Waals surface area contributed by atoms with Crippen LogP contribution in [0, 0.1) is 13.8 Å². The minimum atomic E-state index is 0.840. The van der Waals surface area contributed by atoms with Crippen LogP contribution < -0.4 is 5.73 Å². The molecule has 2 aromatic rings. The van der Waals surface area contributed by atoms with Gasteiger partial charge in [0.1, 0.15) is 0 Å². The lowest BCUT2D eigenvalue weighted by Crippen LogP contribution is -1.90. The first-order valence-corrected chi connectivity index (χ1v) is 7.58. The molecule has 0 bridgehead atoms. The van der Waals surface area contributed by atoms with Crippen molar-refractivity contribution in [2.24, 2.45) is 0 Å². The van der Waals surface area contributed by atoms with Gasteiger partial charge in [0.15, 0.2) is 0 Å². The van der Waals surface area contributed by atoms with Gasteiger partial charge in [-0.2, -0.15) is 0 Å². The monoisotopic (exact) mass is 321 g/mol. The molecule has 94 valence electrons. The number of hydrogen-bond acceptors (Lipinski definition) is 2. The summed E-state index contributed by atoms with van der Waals surface area (Å²) in [5.74, 6) is 0.946. The minimum Gasteiger partial charge on any atom is -0.398 e. The van der Waals surface area contributed by atoms with Crippen LogP contribution in [-0.2, 0) is 5.75 Å². The van der Waals surface area contributed by atoms with E-state index in [1.54, 1.807) is 11.8 Å². The summed E-state index contributed by atoms with van der Waals surface area (Å²) < 4.78 is 1.07. The third kappa shape index (κ3) is 3.30. The number of benzene rings is 2. The van der Waals surface area contributed by atoms with Gasteiger partial charge >= 0.3 is 0 Å². The fraction of sp³-hybridized carbons (Fsp3) is 0.200. The summed E-state index contributed by atoms with van der Waals surface area (Å²) in [6.45, 7) is 4.29. The molecule has 1 nitrogen and oxygen atoms in total. The Balaban J connectivity index is 2.11. The highest BCUT2D eigenvalue weighted by Gasteiger charge is 2.03. The van der Waals surface area contributed by atoms with E-state index in [1.807, 2.05) is 12.1 Å². The van der Waals surface area contributed by atoms with Crippen LogP contribution in [0.1, 0.15) is 16.7 Å². The lowest BCUT2D eigenvalue weighted by molar-refractivity contribution is 1.28. The Bertz CT molecular complexity index is 566. The second-order valence-corrected chi connectivity index (χ2v) is 6.32. The van der Waals surface area contributed by atoms with Crippen molar-refractivity contribution in [3.63, 3.8) is 0 Å². The number of hydrogen-bond donors (Lipinski definition) is 1. The predicted octanol–water partition coefficient (Wildman–Crippen LogP) is 4.94. The first kappa shape index (κ1) is 13.5. The van der Waals surface area contributed by atoms with E-state index in [1.165, 1.54) is 16.7 Å². The summed E-state index contributed by atoms with van der Waals surface area (Å²) in [4.78, 5) is 1.13. The van der Waals surface area contributed by atoms with E-state index in [4.69, 9.17) is 5.73 Å². The summed E-state index contributed by atoms with van der Waals surface area (Å²) in [7, 11) is 0. The topological polar surface area (TPSA) is 26.0 Å². The summed E-state index contributed by atoms with van der Waals surface area (Å²) in [6, 6.07) is 12.6. The molecule has 0 aliphatic rings. The van der Waals surface area contributed by atoms with Crippen molar-refractivity contribution in [2.45, 2.75) is 24.5 Å². The third-order valence-electron chi connectivity index (χ3n) is 2.94. The van der Waals surface area contributed by atoms with Crippen LogP contribution >= 0.6 is 27.7 Å². The Morgan fingerprint density at radius 1 is 1.06 bits per heavy atom. The highest BCUT2D eigenvalue weighted by atomic mass is 79.9. The average Bonchev–Trinajstić information content (AvgIpc) is 2.34. The molecule has 0 fully saturated rings. The van der Waals surface area contributed by atoms with E-state index < -0.39 is 0 Å². The molecule has 0 spiro atoms. The molecule has 3 heteroatoms. The van der Waals surface area contributed by atoms with Gasteiger partial charge in [-0.15, -0.1) is 11.8 Å². The number of thioether (sulfide) groups is 1. The molecular weight excluding hydrogens is 306 g/mol. The van der Waals surface area contributed by atoms with Gasteiger partial charge in [-0.25, -0.2) is 0 Å². The van der Waals surface area contributed by atoms with Gasteiger partial charge in [-0.3, -0.25) is 0 Å². The van der Waals surface area contributed by atoms with Gasteiger partial charge in [-0.1, -0.05) is 34.1 Å². The fourth-order valence-electron chi connectivity index (χ4n) is 1.69. The molecule has 0 saturated heterocycles. The summed E-state index contributed by atoms with van der Waals surface area (Å²) >= 11 is 5.25. The van der Waals surface area contributed by atoms with Gasteiger partial charge in [0.2, 0.25) is 0 Å². The number of aryl methyl sites for hydroxylation is 2. The van der Waals surface area contributed by atoms with Crippen LogP contribution in [0.15, 0.2) is 45.8 Å². The van der Waals surface area contributed by atoms with Crippen LogP contribution in [0.3, 0.4) is 0 Å². The second kappa shape index (κ2) is 5.81. The Hall–Kier alpha value is -0.930. The molecule has 0 radical (unpaired) electrons. The molecule has 0 aliphatic heterocycles. The normalized spacial score (nSPS) is 10.6. The lowest BCUT2D eigenvalue weighted by atomic mass is 10.1. The maximum absolute atomic E-state index is 5.97. The van der Waals surface area contributed by atoms with Crippen molar-refractivity contribution in [1.29, 1.82) is 0 Å². The summed E-state index contributed by atoms with van der Waals surface area (Å²) in [5.41, 5.74) is 10.8. The summed E-state index contributed by atoms with van der Waals surface area (Å²) in [5, 5.41) is 0. The van der Waals surface area contributed by atoms with E-state index in [-0.39, 0.29) is 0 Å². The van der Waals surface area contributed by atoms with Crippen molar-refractivity contribution >= 4 is 33.4 Å². The zero-order valence-electron chi connectivity index (χ0n) is 10.5. The SMILES string of the molecule is Cc1ccc(CSc2cc(Br)ccc2N)cc1C. The summed E-state index contributed by atoms with van der Waals surface area (Å²) in [6.07, 6.45) is 0. The molecule has 2 N–H and O–H groups in total. The highest BCUT2D eigenvalue weighted by molar-refractivity contribution is 9.10. The zero-order valence-corrected chi connectivity index (χ0v) is 12.9. The number of anilines is 1. The number of nitrogens with two attached hydrogens (primary N) is 1. The molecule has 0 heterocycles. The van der Waals surface area contributed by atoms with Crippen molar-refractivity contribution in [3.8, 4) is 0 Å². The Morgan fingerprint density at radius 3 is 2.56 bits per heavy atom. The Labute approximate surface area is 121 Å². The number of rotatable bonds is 3. The van der Waals surface area contributed by atoms with Crippen LogP contribution in [0.25, 0.3) is 0 Å². The molecule has 18 heavy (non-hydrogen) atoms. The van der Waals surface area contributed by atoms with E-state index in [0.717, 1.165) is 20.8 Å². The van der Waals surface area contributed by atoms with Crippen LogP contribution in [0.5, 0.6) is 0 Å². The van der Waals surface area contributed by atoms with Gasteiger partial charge < -0.3 is 5.73 Å². The van der Waals surface area contributed by atoms with Crippen LogP contribution in [0.2, 0.25) is 0 Å². The molecule has 2 aromatic carbocycles. The first-order chi connectivity index (χ1) is 8.56. The molecule has 0 amide bonds. The van der Waals surface area contributed by atoms with E-state index in [0.29, 0.717) is 0 Å². The molecule has 0 aliphatic carbocycles. The molecule has 0 atom stereocenters. The fourth-order valence-corrected chi connectivity index (χ4v) is 3.15. The van der Waals surface area contributed by atoms with Crippen molar-refractivity contribution in [3.05, 3.63) is 57.6 Å². The van der Waals surface area contributed by atoms with Gasteiger partial charge in [0, 0.05) is 20.8 Å². The van der Waals surface area contributed by atoms with Crippen molar-refractivity contribution < 1.29 is 0 Å². The maximum atomic E-state index is 5.97. The van der Waals surface area contributed by atoms with E-state index in [2.05, 4.69) is 54.0 Å². The predicted molar refractivity (Wildman–Crippen MR) is 84.0 cm³/mol. The first-order valence-electron chi connectivity index (χ1n) is 5.80. The van der Waals surface area contributed by atoms with E-state index in [9.17, 15) is 0 Å². The lowest BCUT2D eigenvalue weighted by Gasteiger charge is -2.08. The minimum absolute atomic E-state index is 0.840.